The summed E-state index contributed by atoms with van der Waals surface area (Å²) in [6, 6.07) is 3.01. The molecule has 0 saturated carbocycles. The third-order valence-corrected chi connectivity index (χ3v) is 20.4. The van der Waals surface area contributed by atoms with Gasteiger partial charge < -0.3 is 139 Å². The lowest BCUT2D eigenvalue weighted by Gasteiger charge is -2.31. The molecule has 44 nitrogen and oxygen atoms in total. The minimum Gasteiger partial charge on any atom is -0.756 e. The topological polar surface area (TPSA) is 662 Å². The van der Waals surface area contributed by atoms with Gasteiger partial charge in [-0.25, -0.2) is 28.4 Å². The fourth-order valence-corrected chi connectivity index (χ4v) is 13.9. The number of ketones is 4. The summed E-state index contributed by atoms with van der Waals surface area (Å²) in [6.07, 6.45) is -4.14. The fraction of sp³-hybridized carbons (Fsp3) is 0.552. The molecule has 0 aliphatic carbocycles. The lowest BCUT2D eigenvalue weighted by molar-refractivity contribution is -0.765. The van der Waals surface area contributed by atoms with E-state index < -0.39 is 180 Å². The minimum atomic E-state index is -5.67. The Morgan fingerprint density at radius 1 is 0.528 bits per heavy atom. The number of ether oxygens (including phenoxy) is 5. The van der Waals surface area contributed by atoms with E-state index in [0.717, 1.165) is 6.33 Å². The van der Waals surface area contributed by atoms with Crippen molar-refractivity contribution in [2.45, 2.75) is 170 Å². The van der Waals surface area contributed by atoms with Crippen LogP contribution < -0.4 is 20.1 Å². The number of nitrogen functional groups attached to an aromatic ring is 1. The largest absolute Gasteiger partial charge is 0.756 e. The van der Waals surface area contributed by atoms with E-state index in [0.29, 0.717) is 36.0 Å². The Morgan fingerprint density at radius 2 is 0.906 bits per heavy atom. The number of rotatable bonds is 24. The van der Waals surface area contributed by atoms with Gasteiger partial charge in [-0.15, -0.1) is 0 Å². The highest BCUT2D eigenvalue weighted by Gasteiger charge is 2.51. The molecule has 3 aromatic rings. The van der Waals surface area contributed by atoms with Gasteiger partial charge in [-0.1, -0.05) is 18.2 Å². The van der Waals surface area contributed by atoms with Crippen LogP contribution >= 0.6 is 31.3 Å². The smallest absolute Gasteiger partial charge is 0.469 e. The normalized spacial score (nSPS) is 32.6. The second kappa shape index (κ2) is 36.1. The number of carbonyl (C=O) groups is 4. The molecule has 0 aromatic carbocycles. The molecule has 0 amide bonds. The number of fused-ring (bicyclic) bond motifs is 1. The van der Waals surface area contributed by atoms with Crippen molar-refractivity contribution in [2.75, 3.05) is 38.8 Å². The van der Waals surface area contributed by atoms with E-state index in [4.69, 9.17) is 54.1 Å². The summed E-state index contributed by atoms with van der Waals surface area (Å²) in [5.74, 6) is -0.527. The van der Waals surface area contributed by atoms with Gasteiger partial charge in [-0.3, -0.25) is 41.9 Å². The van der Waals surface area contributed by atoms with E-state index in [1.54, 1.807) is 47.9 Å². The van der Waals surface area contributed by atoms with Gasteiger partial charge in [0.25, 0.3) is 21.9 Å². The maximum absolute atomic E-state index is 12.3. The predicted molar refractivity (Wildman–Crippen MR) is 345 cm³/mol. The molecule has 8 aliphatic rings. The Hall–Kier alpha value is -6.14. The number of nitrogens with two attached hydrogens (primary N) is 1. The number of imidazole rings is 1. The second-order valence-corrected chi connectivity index (χ2v) is 29.9. The number of phosphoric ester groups is 4. The number of aliphatic hydroxyl groups is 11. The van der Waals surface area contributed by atoms with Crippen LogP contribution in [0.15, 0.2) is 109 Å². The molecule has 0 bridgehead atoms. The summed E-state index contributed by atoms with van der Waals surface area (Å²) >= 11 is 0. The van der Waals surface area contributed by atoms with Gasteiger partial charge in [0.1, 0.15) is 97.3 Å². The van der Waals surface area contributed by atoms with Gasteiger partial charge in [0.15, 0.2) is 78.0 Å². The van der Waals surface area contributed by atoms with Crippen LogP contribution in [-0.2, 0) is 78.7 Å². The maximum atomic E-state index is 12.3. The minimum absolute atomic E-state index is 0.0405. The summed E-state index contributed by atoms with van der Waals surface area (Å²) in [5.41, 5.74) is 7.98. The van der Waals surface area contributed by atoms with Gasteiger partial charge in [-0.05, 0) is 53.0 Å². The van der Waals surface area contributed by atoms with Crippen molar-refractivity contribution < 1.29 is 174 Å². The molecule has 106 heavy (non-hydrogen) atoms. The molecule has 5 fully saturated rings. The van der Waals surface area contributed by atoms with Crippen molar-refractivity contribution in [1.82, 2.24) is 34.2 Å². The first-order valence-electron chi connectivity index (χ1n) is 31.7. The molecule has 5 saturated heterocycles. The molecule has 8 aliphatic heterocycles. The van der Waals surface area contributed by atoms with E-state index in [2.05, 4.69) is 37.4 Å². The number of nitrogens with zero attached hydrogens (tertiary/aromatic N) is 8. The molecule has 11 rings (SSSR count). The quantitative estimate of drug-likeness (QED) is 0.0226. The monoisotopic (exact) mass is 1590 g/mol. The summed E-state index contributed by atoms with van der Waals surface area (Å²) in [7, 11) is -20.7. The second-order valence-electron chi connectivity index (χ2n) is 24.5. The summed E-state index contributed by atoms with van der Waals surface area (Å²) < 4.78 is 97.4. The lowest BCUT2D eigenvalue weighted by atomic mass is 10.1. The van der Waals surface area contributed by atoms with Gasteiger partial charge in [0, 0.05) is 60.0 Å². The zero-order valence-electron chi connectivity index (χ0n) is 56.2. The number of phosphoric acid groups is 4. The molecule has 11 heterocycles. The standard InChI is InChI=1S/C22H28N6O14P2.2C12H18NO8P.C12H17NO5/c1-10(29)11-3-2-4-27(5-11)21-17(32)15(30)12(40-21)6-38-43(34,35)42-44(36,37)39-7-13-16(31)18(33)22(41-13)28-9-26-14-19(23)24-8-25-20(14)28;2*1-7(14)8-3-2-4-13(5-8)12-11(16)10(15)9(21-12)6-20-22(17,18)19;1-7(15)8-3-2-4-13(5-8)12-11(17)10(16)9(6-14)18-12/h2-5,8-9,12-13,15-18,21-22,30-33H,6-7H2,1H3,(H3-,23,24,25,34,35,36,37);2*2,4-5,9-12,15-16H,3,6H2,1H3,(H2,17,18,19);2,4-5,9-12,14,16-17H,3,6H2,1H3/p-1/t12-,13-,15?,16?,17+,18+,21-,22-;3*9-,10?,11+,12-/m1111/s1. The van der Waals surface area contributed by atoms with Crippen molar-refractivity contribution in [1.29, 1.82) is 0 Å². The lowest BCUT2D eigenvalue weighted by Crippen LogP contribution is -2.46. The highest BCUT2D eigenvalue weighted by Crippen LogP contribution is 2.56. The Kier molecular flexibility index (Phi) is 29.1. The molecule has 7 unspecified atom stereocenters. The third-order valence-electron chi connectivity index (χ3n) is 16.9. The first kappa shape index (κ1) is 85.5. The Labute approximate surface area is 600 Å². The molecule has 48 heteroatoms. The van der Waals surface area contributed by atoms with Gasteiger partial charge in [-0.2, -0.15) is 4.57 Å². The number of hydrogen-bond donors (Lipinski definition) is 16. The molecular weight excluding hydrogens is 1510 g/mol. The maximum Gasteiger partial charge on any atom is 0.469 e. The number of allylic oxidation sites excluding steroid dienone is 6. The van der Waals surface area contributed by atoms with Crippen LogP contribution in [0.3, 0.4) is 0 Å². The van der Waals surface area contributed by atoms with E-state index >= 15 is 0 Å². The zero-order chi connectivity index (χ0) is 78.2. The third kappa shape index (κ3) is 21.9. The molecule has 17 N–H and O–H groups in total. The summed E-state index contributed by atoms with van der Waals surface area (Å²) in [4.78, 5) is 121. The number of aliphatic hydroxyl groups excluding tert-OH is 11. The number of aromatic nitrogens is 5. The van der Waals surface area contributed by atoms with E-state index in [1.165, 1.54) is 89.9 Å². The van der Waals surface area contributed by atoms with Crippen molar-refractivity contribution in [3.63, 3.8) is 0 Å². The molecule has 588 valence electrons. The van der Waals surface area contributed by atoms with Gasteiger partial charge in [0.05, 0.1) is 44.9 Å². The number of Topliss-reactive ketones (excluding diaryl/α,β-unsaturated/α-hetero) is 4. The highest BCUT2D eigenvalue weighted by molar-refractivity contribution is 7.59. The van der Waals surface area contributed by atoms with Crippen LogP contribution in [0.5, 0.6) is 0 Å². The molecule has 22 atom stereocenters. The zero-order valence-corrected chi connectivity index (χ0v) is 59.8. The Morgan fingerprint density at radius 3 is 1.30 bits per heavy atom. The van der Waals surface area contributed by atoms with Crippen LogP contribution in [-0.4, -0.2) is 276 Å². The summed E-state index contributed by atoms with van der Waals surface area (Å²) in [5, 5.41) is 110. The number of hydrogen-bond acceptors (Lipinski definition) is 38. The van der Waals surface area contributed by atoms with E-state index in [1.807, 2.05) is 0 Å². The van der Waals surface area contributed by atoms with Crippen molar-refractivity contribution in [2.24, 2.45) is 0 Å². The SMILES string of the molecule is CC(=O)C1=CN([C@@H]2O[C@H](CO)C(O)[C@@H]2O)C=CC1.CC(=O)C1=CN([C@@H]2O[C@H](COP(=O)(O)O)C(O)[C@@H]2O)C=CC1.CC(=O)C1=CN([C@@H]2O[C@H](COP(=O)(O)O)C(O)[C@@H]2O)C=CC1.CC(=O)c1ccc[n+]([C@@H]2O[C@H](COP(=O)([O-])OP(=O)([O-])OC[C@H]3O[C@@H](n4cnc5c(N)ncnc54)[C@@H](O)C3O)C(O)[C@@H]2O)c1. The number of anilines is 1. The van der Waals surface area contributed by atoms with Crippen LogP contribution in [0, 0.1) is 0 Å². The first-order chi connectivity index (χ1) is 49.6. The van der Waals surface area contributed by atoms with Gasteiger partial charge >= 0.3 is 15.6 Å². The van der Waals surface area contributed by atoms with Crippen molar-refractivity contribution in [3.8, 4) is 0 Å². The number of carbonyl (C=O) groups excluding carboxylic acids is 4. The first-order valence-corrected chi connectivity index (χ1v) is 37.7. The Bertz CT molecular complexity index is 3930. The molecule has 0 radical (unpaired) electrons. The van der Waals surface area contributed by atoms with Crippen LogP contribution in [0.4, 0.5) is 5.82 Å². The summed E-state index contributed by atoms with van der Waals surface area (Å²) in [6.45, 7) is 2.18. The highest BCUT2D eigenvalue weighted by atomic mass is 31.3. The average Bonchev–Trinajstić information content (AvgIpc) is 1.62. The predicted octanol–water partition coefficient (Wildman–Crippen LogP) is -5.59. The average molecular weight is 1590 g/mol. The molecule has 3 aromatic heterocycles. The van der Waals surface area contributed by atoms with Crippen LogP contribution in [0.2, 0.25) is 0 Å². The van der Waals surface area contributed by atoms with Gasteiger partial charge in [0.2, 0.25) is 0 Å². The van der Waals surface area contributed by atoms with E-state index in [-0.39, 0.29) is 52.3 Å². The number of pyridine rings is 1. The molecule has 0 spiro atoms. The van der Waals surface area contributed by atoms with E-state index in [9.17, 15) is 98.3 Å². The van der Waals surface area contributed by atoms with Crippen molar-refractivity contribution in [3.05, 3.63) is 115 Å². The van der Waals surface area contributed by atoms with Crippen LogP contribution in [0.1, 0.15) is 69.8 Å². The fourth-order valence-electron chi connectivity index (χ4n) is 11.2. The van der Waals surface area contributed by atoms with Crippen molar-refractivity contribution >= 4 is 71.4 Å². The van der Waals surface area contributed by atoms with Crippen LogP contribution in [0.25, 0.3) is 11.2 Å². The molecular formula is C58H80N9O35P4-. The Balaban J connectivity index is 0.000000193.